The third kappa shape index (κ3) is 1.78. The molecule has 0 aliphatic carbocycles. The van der Waals surface area contributed by atoms with Gasteiger partial charge in [-0.05, 0) is 12.5 Å². The molecule has 0 radical (unpaired) electrons. The predicted octanol–water partition coefficient (Wildman–Crippen LogP) is 2.11. The van der Waals surface area contributed by atoms with Gasteiger partial charge in [-0.3, -0.25) is 0 Å². The number of imidazole rings is 1. The summed E-state index contributed by atoms with van der Waals surface area (Å²) in [6.45, 7) is 2.00. The molecule has 0 aliphatic heterocycles. The maximum absolute atomic E-state index is 5.94. The smallest absolute Gasteiger partial charge is 0.0948 e. The molecule has 3 heteroatoms. The maximum Gasteiger partial charge on any atom is 0.0948 e. The normalized spacial score (nSPS) is 12.7. The van der Waals surface area contributed by atoms with Gasteiger partial charge in [0.25, 0.3) is 0 Å². The predicted molar refractivity (Wildman–Crippen MR) is 61.2 cm³/mol. The van der Waals surface area contributed by atoms with Gasteiger partial charge in [-0.2, -0.15) is 0 Å². The molecule has 0 bridgehead atoms. The fourth-order valence-electron chi connectivity index (χ4n) is 1.74. The Balaban J connectivity index is 2.58. The van der Waals surface area contributed by atoms with E-state index in [-0.39, 0.29) is 6.04 Å². The molecule has 0 spiro atoms. The second-order valence-electron chi connectivity index (χ2n) is 3.77. The van der Waals surface area contributed by atoms with Gasteiger partial charge in [0.2, 0.25) is 0 Å². The minimum atomic E-state index is 0.0381. The van der Waals surface area contributed by atoms with Gasteiger partial charge in [0.15, 0.2) is 0 Å². The molecule has 1 atom stereocenters. The van der Waals surface area contributed by atoms with Gasteiger partial charge in [0.05, 0.1) is 18.2 Å². The molecule has 0 aliphatic rings. The minimum Gasteiger partial charge on any atom is -0.334 e. The van der Waals surface area contributed by atoms with Gasteiger partial charge in [-0.1, -0.05) is 24.3 Å². The van der Waals surface area contributed by atoms with Crippen molar-refractivity contribution in [2.24, 2.45) is 12.8 Å². The summed E-state index contributed by atoms with van der Waals surface area (Å²) in [5, 5.41) is 0. The molecule has 0 fully saturated rings. The lowest BCUT2D eigenvalue weighted by molar-refractivity contribution is 0.816. The van der Waals surface area contributed by atoms with Crippen LogP contribution in [0, 0.1) is 0 Å². The molecule has 1 unspecified atom stereocenters. The number of rotatable bonds is 2. The summed E-state index contributed by atoms with van der Waals surface area (Å²) >= 11 is 0. The number of benzene rings is 1. The first-order chi connectivity index (χ1) is 7.20. The standard InChI is InChI=1S/C12H15N3/c1-9(13)10-5-3-4-6-11(10)12-7-14-8-15(12)2/h3-9H,13H2,1-2H3. The minimum absolute atomic E-state index is 0.0381. The van der Waals surface area contributed by atoms with Crippen molar-refractivity contribution in [1.29, 1.82) is 0 Å². The molecule has 0 amide bonds. The van der Waals surface area contributed by atoms with Crippen LogP contribution in [0.5, 0.6) is 0 Å². The molecule has 1 aromatic carbocycles. The van der Waals surface area contributed by atoms with Gasteiger partial charge < -0.3 is 10.3 Å². The highest BCUT2D eigenvalue weighted by molar-refractivity contribution is 5.64. The van der Waals surface area contributed by atoms with Crippen LogP contribution in [0.3, 0.4) is 0 Å². The number of nitrogens with two attached hydrogens (primary N) is 1. The van der Waals surface area contributed by atoms with E-state index in [0.717, 1.165) is 16.8 Å². The number of aromatic nitrogens is 2. The van der Waals surface area contributed by atoms with Crippen LogP contribution in [-0.4, -0.2) is 9.55 Å². The average Bonchev–Trinajstić information content (AvgIpc) is 2.64. The van der Waals surface area contributed by atoms with Crippen LogP contribution in [0.15, 0.2) is 36.8 Å². The van der Waals surface area contributed by atoms with Crippen LogP contribution in [0.25, 0.3) is 11.3 Å². The van der Waals surface area contributed by atoms with Crippen molar-refractivity contribution in [1.82, 2.24) is 9.55 Å². The van der Waals surface area contributed by atoms with Gasteiger partial charge in [0.1, 0.15) is 0 Å². The van der Waals surface area contributed by atoms with Crippen molar-refractivity contribution in [2.75, 3.05) is 0 Å². The molecule has 2 aromatic rings. The molecular formula is C12H15N3. The summed E-state index contributed by atoms with van der Waals surface area (Å²) in [5.41, 5.74) is 9.35. The Kier molecular flexibility index (Phi) is 2.56. The SMILES string of the molecule is CC(N)c1ccccc1-c1cncn1C. The van der Waals surface area contributed by atoms with E-state index in [4.69, 9.17) is 5.73 Å². The molecule has 2 rings (SSSR count). The molecule has 78 valence electrons. The number of aryl methyl sites for hydroxylation is 1. The highest BCUT2D eigenvalue weighted by atomic mass is 15.0. The first kappa shape index (κ1) is 9.93. The van der Waals surface area contributed by atoms with E-state index in [1.54, 1.807) is 6.33 Å². The van der Waals surface area contributed by atoms with Crippen LogP contribution in [0.2, 0.25) is 0 Å². The van der Waals surface area contributed by atoms with Crippen LogP contribution in [-0.2, 0) is 7.05 Å². The quantitative estimate of drug-likeness (QED) is 0.808. The molecule has 2 N–H and O–H groups in total. The van der Waals surface area contributed by atoms with Gasteiger partial charge in [-0.25, -0.2) is 4.98 Å². The van der Waals surface area contributed by atoms with Crippen molar-refractivity contribution < 1.29 is 0 Å². The lowest BCUT2D eigenvalue weighted by atomic mass is 10.00. The van der Waals surface area contributed by atoms with Crippen LogP contribution in [0.4, 0.5) is 0 Å². The van der Waals surface area contributed by atoms with E-state index in [1.165, 1.54) is 0 Å². The summed E-state index contributed by atoms with van der Waals surface area (Å²) < 4.78 is 2.00. The Morgan fingerprint density at radius 1 is 1.33 bits per heavy atom. The Bertz CT molecular complexity index is 457. The number of nitrogens with zero attached hydrogens (tertiary/aromatic N) is 2. The van der Waals surface area contributed by atoms with Crippen molar-refractivity contribution in [3.05, 3.63) is 42.4 Å². The number of hydrogen-bond donors (Lipinski definition) is 1. The Morgan fingerprint density at radius 3 is 2.67 bits per heavy atom. The lowest BCUT2D eigenvalue weighted by Gasteiger charge is -2.12. The summed E-state index contributed by atoms with van der Waals surface area (Å²) in [6, 6.07) is 8.21. The Hall–Kier alpha value is -1.61. The van der Waals surface area contributed by atoms with Crippen molar-refractivity contribution in [2.45, 2.75) is 13.0 Å². The maximum atomic E-state index is 5.94. The van der Waals surface area contributed by atoms with E-state index >= 15 is 0 Å². The molecule has 1 heterocycles. The van der Waals surface area contributed by atoms with Gasteiger partial charge >= 0.3 is 0 Å². The van der Waals surface area contributed by atoms with E-state index in [9.17, 15) is 0 Å². The molecule has 0 saturated heterocycles. The highest BCUT2D eigenvalue weighted by Crippen LogP contribution is 2.26. The molecular weight excluding hydrogens is 186 g/mol. The highest BCUT2D eigenvalue weighted by Gasteiger charge is 2.10. The third-order valence-corrected chi connectivity index (χ3v) is 2.54. The van der Waals surface area contributed by atoms with E-state index in [1.807, 2.05) is 36.9 Å². The van der Waals surface area contributed by atoms with Gasteiger partial charge in [-0.15, -0.1) is 0 Å². The van der Waals surface area contributed by atoms with Gasteiger partial charge in [0, 0.05) is 18.7 Å². The second-order valence-corrected chi connectivity index (χ2v) is 3.77. The molecule has 0 saturated carbocycles. The second kappa shape index (κ2) is 3.87. The first-order valence-corrected chi connectivity index (χ1v) is 5.01. The summed E-state index contributed by atoms with van der Waals surface area (Å²) in [4.78, 5) is 4.12. The van der Waals surface area contributed by atoms with E-state index < -0.39 is 0 Å². The van der Waals surface area contributed by atoms with E-state index in [2.05, 4.69) is 17.1 Å². The van der Waals surface area contributed by atoms with Crippen LogP contribution in [0.1, 0.15) is 18.5 Å². The zero-order valence-electron chi connectivity index (χ0n) is 9.01. The fraction of sp³-hybridized carbons (Fsp3) is 0.250. The monoisotopic (exact) mass is 201 g/mol. The summed E-state index contributed by atoms with van der Waals surface area (Å²) in [6.07, 6.45) is 3.66. The van der Waals surface area contributed by atoms with Crippen molar-refractivity contribution >= 4 is 0 Å². The molecule has 15 heavy (non-hydrogen) atoms. The summed E-state index contributed by atoms with van der Waals surface area (Å²) in [7, 11) is 1.99. The number of hydrogen-bond acceptors (Lipinski definition) is 2. The third-order valence-electron chi connectivity index (χ3n) is 2.54. The van der Waals surface area contributed by atoms with Crippen molar-refractivity contribution in [3.8, 4) is 11.3 Å². The topological polar surface area (TPSA) is 43.8 Å². The average molecular weight is 201 g/mol. The lowest BCUT2D eigenvalue weighted by Crippen LogP contribution is -2.07. The van der Waals surface area contributed by atoms with E-state index in [0.29, 0.717) is 0 Å². The van der Waals surface area contributed by atoms with Crippen LogP contribution < -0.4 is 5.73 Å². The molecule has 3 nitrogen and oxygen atoms in total. The Morgan fingerprint density at radius 2 is 2.07 bits per heavy atom. The zero-order valence-corrected chi connectivity index (χ0v) is 9.01. The van der Waals surface area contributed by atoms with Crippen molar-refractivity contribution in [3.63, 3.8) is 0 Å². The van der Waals surface area contributed by atoms with Crippen LogP contribution >= 0.6 is 0 Å². The first-order valence-electron chi connectivity index (χ1n) is 5.01. The Labute approximate surface area is 89.6 Å². The summed E-state index contributed by atoms with van der Waals surface area (Å²) in [5.74, 6) is 0. The zero-order chi connectivity index (χ0) is 10.8. The fourth-order valence-corrected chi connectivity index (χ4v) is 1.74. The largest absolute Gasteiger partial charge is 0.334 e. The molecule has 1 aromatic heterocycles.